The van der Waals surface area contributed by atoms with E-state index >= 15 is 0 Å². The third-order valence-electron chi connectivity index (χ3n) is 0.552. The van der Waals surface area contributed by atoms with Crippen molar-refractivity contribution in [3.8, 4) is 0 Å². The van der Waals surface area contributed by atoms with Gasteiger partial charge in [-0.05, 0) is 0 Å². The number of nitrogens with one attached hydrogen (secondary N) is 1. The Labute approximate surface area is 87.4 Å². The Hall–Kier alpha value is 0.160. The normalized spacial score (nSPS) is 8.00. The van der Waals surface area contributed by atoms with Gasteiger partial charge in [-0.2, -0.15) is 0 Å². The quantitative estimate of drug-likeness (QED) is 0.423. The monoisotopic (exact) mass is 175 g/mol. The molecule has 0 aliphatic carbocycles. The van der Waals surface area contributed by atoms with E-state index < -0.39 is 11.9 Å². The molecule has 0 unspecified atom stereocenters. The van der Waals surface area contributed by atoms with Crippen molar-refractivity contribution in [1.29, 1.82) is 0 Å². The Morgan fingerprint density at radius 3 is 1.60 bits per heavy atom. The Morgan fingerprint density at radius 1 is 1.10 bits per heavy atom. The van der Waals surface area contributed by atoms with E-state index in [1.807, 2.05) is 0 Å². The molecule has 0 aliphatic rings. The standard InChI is InChI=1S/C4H7NO4.Ca.2H/c6-3(7)1-5-2-4(8)9;;;/h5H,1-2H2,(H,6,7)(H,8,9);;;. The van der Waals surface area contributed by atoms with E-state index in [0.29, 0.717) is 0 Å². The first-order chi connectivity index (χ1) is 4.13. The first-order valence-corrected chi connectivity index (χ1v) is 2.27. The fourth-order valence-corrected chi connectivity index (χ4v) is 0.276. The molecule has 5 nitrogen and oxygen atoms in total. The number of rotatable bonds is 4. The van der Waals surface area contributed by atoms with Crippen LogP contribution in [-0.2, 0) is 9.59 Å². The molecule has 0 fully saturated rings. The molecule has 0 aliphatic heterocycles. The minimum absolute atomic E-state index is 0. The summed E-state index contributed by atoms with van der Waals surface area (Å²) >= 11 is 0. The van der Waals surface area contributed by atoms with Gasteiger partial charge < -0.3 is 10.2 Å². The first-order valence-electron chi connectivity index (χ1n) is 2.27. The maximum atomic E-state index is 9.73. The maximum absolute atomic E-state index is 9.73. The second kappa shape index (κ2) is 7.27. The van der Waals surface area contributed by atoms with Crippen LogP contribution in [0.3, 0.4) is 0 Å². The summed E-state index contributed by atoms with van der Waals surface area (Å²) in [6.45, 7) is -0.626. The minimum atomic E-state index is -1.06. The van der Waals surface area contributed by atoms with Crippen LogP contribution in [-0.4, -0.2) is 73.0 Å². The summed E-state index contributed by atoms with van der Waals surface area (Å²) < 4.78 is 0. The Balaban J connectivity index is 0. The second-order valence-corrected chi connectivity index (χ2v) is 1.39. The number of carboxylic acid groups (broad SMARTS) is 2. The molecule has 0 saturated carbocycles. The Bertz CT molecular complexity index is 112. The molecule has 0 aromatic rings. The number of hydrogen-bond acceptors (Lipinski definition) is 3. The fourth-order valence-electron chi connectivity index (χ4n) is 0.276. The molecule has 0 aromatic heterocycles. The number of carboxylic acids is 2. The van der Waals surface area contributed by atoms with Crippen LogP contribution in [0.25, 0.3) is 0 Å². The zero-order valence-electron chi connectivity index (χ0n) is 4.63. The van der Waals surface area contributed by atoms with Crippen molar-refractivity contribution in [2.45, 2.75) is 0 Å². The van der Waals surface area contributed by atoms with Crippen LogP contribution in [0.4, 0.5) is 0 Å². The van der Waals surface area contributed by atoms with Crippen LogP contribution >= 0.6 is 0 Å². The molecule has 0 aromatic carbocycles. The molecule has 0 saturated heterocycles. The molecule has 6 heteroatoms. The van der Waals surface area contributed by atoms with Crippen LogP contribution in [0.2, 0.25) is 0 Å². The van der Waals surface area contributed by atoms with Gasteiger partial charge in [-0.15, -0.1) is 0 Å². The van der Waals surface area contributed by atoms with Gasteiger partial charge in [0.05, 0.1) is 13.1 Å². The van der Waals surface area contributed by atoms with Gasteiger partial charge in [0, 0.05) is 0 Å². The van der Waals surface area contributed by atoms with Crippen molar-refractivity contribution in [3.05, 3.63) is 0 Å². The molecule has 3 N–H and O–H groups in total. The van der Waals surface area contributed by atoms with E-state index in [9.17, 15) is 9.59 Å². The second-order valence-electron chi connectivity index (χ2n) is 1.39. The predicted octanol–water partition coefficient (Wildman–Crippen LogP) is -2.17. The number of aliphatic carboxylic acids is 2. The van der Waals surface area contributed by atoms with Crippen molar-refractivity contribution in [1.82, 2.24) is 5.32 Å². The molecule has 0 spiro atoms. The van der Waals surface area contributed by atoms with Gasteiger partial charge >= 0.3 is 49.7 Å². The Kier molecular flexibility index (Phi) is 9.31. The number of carbonyl (C=O) groups is 2. The SMILES string of the molecule is O=C(O)CNCC(=O)O.[CaH2]. The van der Waals surface area contributed by atoms with Crippen LogP contribution in [0.15, 0.2) is 0 Å². The summed E-state index contributed by atoms with van der Waals surface area (Å²) in [4.78, 5) is 19.5. The molecule has 0 amide bonds. The van der Waals surface area contributed by atoms with Crippen molar-refractivity contribution in [2.24, 2.45) is 0 Å². The molecule has 0 bridgehead atoms. The molecule has 10 heavy (non-hydrogen) atoms. The van der Waals surface area contributed by atoms with E-state index in [4.69, 9.17) is 10.2 Å². The third kappa shape index (κ3) is 11.0. The fraction of sp³-hybridized carbons (Fsp3) is 0.500. The molecule has 0 radical (unpaired) electrons. The van der Waals surface area contributed by atoms with Crippen molar-refractivity contribution >= 4 is 49.7 Å². The van der Waals surface area contributed by atoms with E-state index in [-0.39, 0.29) is 50.8 Å². The van der Waals surface area contributed by atoms with Gasteiger partial charge in [0.2, 0.25) is 0 Å². The van der Waals surface area contributed by atoms with Gasteiger partial charge in [-0.25, -0.2) is 0 Å². The average molecular weight is 175 g/mol. The Morgan fingerprint density at radius 2 is 1.40 bits per heavy atom. The molecular weight excluding hydrogens is 166 g/mol. The van der Waals surface area contributed by atoms with Crippen LogP contribution in [0.5, 0.6) is 0 Å². The summed E-state index contributed by atoms with van der Waals surface area (Å²) in [5.74, 6) is -2.12. The average Bonchev–Trinajstić information content (AvgIpc) is 1.63. The van der Waals surface area contributed by atoms with Gasteiger partial charge in [0.1, 0.15) is 0 Å². The molecule has 0 rings (SSSR count). The van der Waals surface area contributed by atoms with Crippen molar-refractivity contribution < 1.29 is 19.8 Å². The van der Waals surface area contributed by atoms with E-state index in [1.165, 1.54) is 0 Å². The van der Waals surface area contributed by atoms with Crippen LogP contribution in [0, 0.1) is 0 Å². The summed E-state index contributed by atoms with van der Waals surface area (Å²) in [5, 5.41) is 18.1. The molecule has 0 atom stereocenters. The van der Waals surface area contributed by atoms with Crippen molar-refractivity contribution in [2.75, 3.05) is 13.1 Å². The summed E-state index contributed by atoms with van der Waals surface area (Å²) in [6, 6.07) is 0. The van der Waals surface area contributed by atoms with Gasteiger partial charge in [-0.3, -0.25) is 14.9 Å². The van der Waals surface area contributed by atoms with Crippen LogP contribution in [0.1, 0.15) is 0 Å². The third-order valence-corrected chi connectivity index (χ3v) is 0.552. The molecule has 56 valence electrons. The summed E-state index contributed by atoms with van der Waals surface area (Å²) in [5.41, 5.74) is 0. The van der Waals surface area contributed by atoms with E-state index in [0.717, 1.165) is 0 Å². The van der Waals surface area contributed by atoms with E-state index in [1.54, 1.807) is 0 Å². The molecule has 0 heterocycles. The van der Waals surface area contributed by atoms with Gasteiger partial charge in [0.25, 0.3) is 0 Å². The summed E-state index contributed by atoms with van der Waals surface area (Å²) in [6.07, 6.45) is 0. The van der Waals surface area contributed by atoms with Gasteiger partial charge in [0.15, 0.2) is 0 Å². The van der Waals surface area contributed by atoms with Crippen molar-refractivity contribution in [3.63, 3.8) is 0 Å². The predicted molar refractivity (Wildman–Crippen MR) is 36.7 cm³/mol. The zero-order valence-corrected chi connectivity index (χ0v) is 4.63. The van der Waals surface area contributed by atoms with E-state index in [2.05, 4.69) is 5.32 Å². The van der Waals surface area contributed by atoms with Crippen LogP contribution < -0.4 is 5.32 Å². The topological polar surface area (TPSA) is 86.6 Å². The first kappa shape index (κ1) is 12.8. The summed E-state index contributed by atoms with van der Waals surface area (Å²) in [7, 11) is 0. The zero-order chi connectivity index (χ0) is 7.28. The van der Waals surface area contributed by atoms with Gasteiger partial charge in [-0.1, -0.05) is 0 Å². The molecular formula is C4H9CaNO4. The number of hydrogen-bond donors (Lipinski definition) is 3.